The van der Waals surface area contributed by atoms with E-state index in [0.29, 0.717) is 18.4 Å². The molecule has 5 heteroatoms. The summed E-state index contributed by atoms with van der Waals surface area (Å²) in [6, 6.07) is 10.0. The maximum Gasteiger partial charge on any atom is 0.315 e. The lowest BCUT2D eigenvalue weighted by Gasteiger charge is -2.30. The fourth-order valence-corrected chi connectivity index (χ4v) is 3.01. The van der Waals surface area contributed by atoms with Crippen LogP contribution in [0.4, 0.5) is 4.79 Å². The number of rotatable bonds is 6. The van der Waals surface area contributed by atoms with Gasteiger partial charge < -0.3 is 15.1 Å². The van der Waals surface area contributed by atoms with E-state index >= 15 is 0 Å². The van der Waals surface area contributed by atoms with E-state index in [9.17, 15) is 4.79 Å². The molecule has 24 heavy (non-hydrogen) atoms. The van der Waals surface area contributed by atoms with Crippen molar-refractivity contribution in [2.24, 2.45) is 5.92 Å². The molecule has 1 aliphatic rings. The molecule has 2 amide bonds. The Balaban J connectivity index is 1.57. The first-order chi connectivity index (χ1) is 11.6. The van der Waals surface area contributed by atoms with Crippen LogP contribution in [-0.2, 0) is 6.54 Å². The molecule has 0 spiro atoms. The van der Waals surface area contributed by atoms with Gasteiger partial charge in [0.2, 0.25) is 5.89 Å². The topological polar surface area (TPSA) is 67.2 Å². The predicted octanol–water partition coefficient (Wildman–Crippen LogP) is 4.02. The molecule has 1 heterocycles. The highest BCUT2D eigenvalue weighted by Gasteiger charge is 2.24. The quantitative estimate of drug-likeness (QED) is 0.842. The summed E-state index contributed by atoms with van der Waals surface area (Å²) < 4.78 is 5.49. The smallest absolute Gasteiger partial charge is 0.315 e. The summed E-state index contributed by atoms with van der Waals surface area (Å²) in [5.41, 5.74) is 2.02. The van der Waals surface area contributed by atoms with Gasteiger partial charge in [0, 0.05) is 0 Å². The van der Waals surface area contributed by atoms with Gasteiger partial charge in [-0.3, -0.25) is 0 Å². The van der Waals surface area contributed by atoms with Crippen LogP contribution in [0.15, 0.2) is 34.7 Å². The number of nitrogens with one attached hydrogen (secondary N) is 2. The minimum Gasteiger partial charge on any atom is -0.444 e. The molecule has 0 aliphatic heterocycles. The van der Waals surface area contributed by atoms with E-state index in [2.05, 4.69) is 27.8 Å². The average Bonchev–Trinajstić information content (AvgIpc) is 2.87. The van der Waals surface area contributed by atoms with Gasteiger partial charge in [0.15, 0.2) is 0 Å². The predicted molar refractivity (Wildman–Crippen MR) is 92.5 cm³/mol. The highest BCUT2D eigenvalue weighted by atomic mass is 16.4. The molecule has 2 aromatic rings. The minimum atomic E-state index is -0.184. The summed E-state index contributed by atoms with van der Waals surface area (Å²) in [5.74, 6) is 2.04. The fraction of sp³-hybridized carbons (Fsp3) is 0.474. The van der Waals surface area contributed by atoms with Crippen molar-refractivity contribution in [1.29, 1.82) is 0 Å². The molecule has 1 fully saturated rings. The first kappa shape index (κ1) is 16.6. The lowest BCUT2D eigenvalue weighted by atomic mass is 9.79. The van der Waals surface area contributed by atoms with Crippen LogP contribution < -0.4 is 10.6 Å². The van der Waals surface area contributed by atoms with Crippen LogP contribution in [0.3, 0.4) is 0 Å². The normalized spacial score (nSPS) is 15.6. The number of urea groups is 1. The molecular formula is C19H25N3O2. The number of aryl methyl sites for hydroxylation is 2. The number of aromatic nitrogens is 1. The molecule has 0 unspecified atom stereocenters. The highest BCUT2D eigenvalue weighted by Crippen LogP contribution is 2.34. The summed E-state index contributed by atoms with van der Waals surface area (Å²) in [6.07, 6.45) is 4.83. The Bertz CT molecular complexity index is 658. The molecule has 1 saturated carbocycles. The van der Waals surface area contributed by atoms with E-state index in [1.165, 1.54) is 19.3 Å². The molecule has 2 N–H and O–H groups in total. The third-order valence-electron chi connectivity index (χ3n) is 4.77. The van der Waals surface area contributed by atoms with Crippen molar-refractivity contribution in [1.82, 2.24) is 15.6 Å². The molecule has 0 bridgehead atoms. The van der Waals surface area contributed by atoms with Gasteiger partial charge in [0.1, 0.15) is 5.76 Å². The van der Waals surface area contributed by atoms with E-state index < -0.39 is 0 Å². The SMILES string of the molecule is Cc1nc(CNC(=O)N[C@@H](CC2CCC2)c2ccccc2)oc1C. The van der Waals surface area contributed by atoms with Gasteiger partial charge >= 0.3 is 6.03 Å². The zero-order chi connectivity index (χ0) is 16.9. The van der Waals surface area contributed by atoms with E-state index in [0.717, 1.165) is 23.4 Å². The van der Waals surface area contributed by atoms with Crippen molar-refractivity contribution >= 4 is 6.03 Å². The lowest BCUT2D eigenvalue weighted by molar-refractivity contribution is 0.224. The van der Waals surface area contributed by atoms with Crippen molar-refractivity contribution in [3.05, 3.63) is 53.2 Å². The second-order valence-electron chi connectivity index (χ2n) is 6.57. The summed E-state index contributed by atoms with van der Waals surface area (Å²) >= 11 is 0. The number of benzene rings is 1. The van der Waals surface area contributed by atoms with E-state index in [1.807, 2.05) is 32.0 Å². The zero-order valence-electron chi connectivity index (χ0n) is 14.3. The number of nitrogens with zero attached hydrogens (tertiary/aromatic N) is 1. The Morgan fingerprint density at radius 3 is 2.62 bits per heavy atom. The van der Waals surface area contributed by atoms with Crippen molar-refractivity contribution in [3.8, 4) is 0 Å². The van der Waals surface area contributed by atoms with Crippen LogP contribution in [0.25, 0.3) is 0 Å². The van der Waals surface area contributed by atoms with Gasteiger partial charge in [0.05, 0.1) is 18.3 Å². The molecule has 3 rings (SSSR count). The first-order valence-electron chi connectivity index (χ1n) is 8.64. The summed E-state index contributed by atoms with van der Waals surface area (Å²) in [7, 11) is 0. The number of hydrogen-bond acceptors (Lipinski definition) is 3. The molecule has 128 valence electrons. The molecule has 1 aromatic carbocycles. The fourth-order valence-electron chi connectivity index (χ4n) is 3.01. The Morgan fingerprint density at radius 1 is 1.29 bits per heavy atom. The molecule has 0 saturated heterocycles. The summed E-state index contributed by atoms with van der Waals surface area (Å²) in [6.45, 7) is 4.06. The number of oxazole rings is 1. The zero-order valence-corrected chi connectivity index (χ0v) is 14.3. The van der Waals surface area contributed by atoms with E-state index in [-0.39, 0.29) is 12.1 Å². The summed E-state index contributed by atoms with van der Waals surface area (Å²) in [4.78, 5) is 16.6. The van der Waals surface area contributed by atoms with Gasteiger partial charge in [0.25, 0.3) is 0 Å². The first-order valence-corrected chi connectivity index (χ1v) is 8.64. The second kappa shape index (κ2) is 7.51. The van der Waals surface area contributed by atoms with Gasteiger partial charge in [-0.25, -0.2) is 9.78 Å². The Labute approximate surface area is 142 Å². The second-order valence-corrected chi connectivity index (χ2v) is 6.57. The molecule has 1 aromatic heterocycles. The Morgan fingerprint density at radius 2 is 2.04 bits per heavy atom. The van der Waals surface area contributed by atoms with Crippen molar-refractivity contribution in [3.63, 3.8) is 0 Å². The largest absolute Gasteiger partial charge is 0.444 e. The molecular weight excluding hydrogens is 302 g/mol. The van der Waals surface area contributed by atoms with Crippen LogP contribution >= 0.6 is 0 Å². The Kier molecular flexibility index (Phi) is 5.18. The van der Waals surface area contributed by atoms with E-state index in [1.54, 1.807) is 0 Å². The van der Waals surface area contributed by atoms with Crippen molar-refractivity contribution < 1.29 is 9.21 Å². The average molecular weight is 327 g/mol. The Hall–Kier alpha value is -2.30. The third-order valence-corrected chi connectivity index (χ3v) is 4.77. The van der Waals surface area contributed by atoms with Crippen LogP contribution in [-0.4, -0.2) is 11.0 Å². The maximum absolute atomic E-state index is 12.3. The van der Waals surface area contributed by atoms with Crippen LogP contribution in [0, 0.1) is 19.8 Å². The third kappa shape index (κ3) is 4.16. The minimum absolute atomic E-state index is 0.0459. The monoisotopic (exact) mass is 327 g/mol. The summed E-state index contributed by atoms with van der Waals surface area (Å²) in [5, 5.41) is 5.95. The lowest BCUT2D eigenvalue weighted by Crippen LogP contribution is -2.38. The van der Waals surface area contributed by atoms with Crippen LogP contribution in [0.2, 0.25) is 0 Å². The standard InChI is InChI=1S/C19H25N3O2/c1-13-14(2)24-18(21-13)12-20-19(23)22-17(11-15-7-6-8-15)16-9-4-3-5-10-16/h3-5,9-10,15,17H,6-8,11-12H2,1-2H3,(H2,20,22,23)/t17-/m0/s1. The van der Waals surface area contributed by atoms with E-state index in [4.69, 9.17) is 4.42 Å². The number of hydrogen-bond donors (Lipinski definition) is 2. The van der Waals surface area contributed by atoms with Gasteiger partial charge in [-0.2, -0.15) is 0 Å². The van der Waals surface area contributed by atoms with Crippen LogP contribution in [0.5, 0.6) is 0 Å². The highest BCUT2D eigenvalue weighted by molar-refractivity contribution is 5.74. The van der Waals surface area contributed by atoms with Gasteiger partial charge in [-0.15, -0.1) is 0 Å². The molecule has 1 atom stereocenters. The van der Waals surface area contributed by atoms with Crippen LogP contribution in [0.1, 0.15) is 54.6 Å². The maximum atomic E-state index is 12.3. The number of carbonyl (C=O) groups is 1. The van der Waals surface area contributed by atoms with Gasteiger partial charge in [-0.05, 0) is 31.7 Å². The number of carbonyl (C=O) groups excluding carboxylic acids is 1. The molecule has 1 aliphatic carbocycles. The van der Waals surface area contributed by atoms with Crippen molar-refractivity contribution in [2.45, 2.75) is 52.1 Å². The molecule has 5 nitrogen and oxygen atoms in total. The van der Waals surface area contributed by atoms with Crippen molar-refractivity contribution in [2.75, 3.05) is 0 Å². The molecule has 0 radical (unpaired) electrons. The number of amides is 2. The van der Waals surface area contributed by atoms with Gasteiger partial charge in [-0.1, -0.05) is 49.6 Å².